The second-order valence-corrected chi connectivity index (χ2v) is 6.34. The Labute approximate surface area is 94.5 Å². The van der Waals surface area contributed by atoms with E-state index in [0.29, 0.717) is 5.52 Å². The van der Waals surface area contributed by atoms with E-state index in [1.807, 2.05) is 0 Å². The molecule has 0 saturated heterocycles. The molecular weight excluding hydrogens is 263 g/mol. The molecule has 0 aliphatic heterocycles. The van der Waals surface area contributed by atoms with Crippen molar-refractivity contribution in [1.82, 2.24) is 4.98 Å². The first kappa shape index (κ1) is 11.0. The lowest BCUT2D eigenvalue weighted by Gasteiger charge is -2.04. The monoisotopic (exact) mass is 267 g/mol. The van der Waals surface area contributed by atoms with Gasteiger partial charge in [0.2, 0.25) is 0 Å². The van der Waals surface area contributed by atoms with Gasteiger partial charge < -0.3 is 0 Å². The van der Waals surface area contributed by atoms with Crippen LogP contribution in [0.25, 0.3) is 10.2 Å². The number of benzene rings is 1. The Balaban J connectivity index is 2.50. The number of aromatic nitrogens is 1. The van der Waals surface area contributed by atoms with Gasteiger partial charge in [0.05, 0.1) is 10.2 Å². The molecule has 0 saturated carbocycles. The van der Waals surface area contributed by atoms with Crippen molar-refractivity contribution in [3.8, 4) is 0 Å². The predicted octanol–water partition coefficient (Wildman–Crippen LogP) is 3.26. The summed E-state index contributed by atoms with van der Waals surface area (Å²) in [7, 11) is -2.19. The SMILES string of the molecule is FC(F)(F)S(=S)c1nc2ccccc2s1. The molecule has 80 valence electrons. The molecule has 1 nitrogen and oxygen atoms in total. The van der Waals surface area contributed by atoms with Gasteiger partial charge in [-0.1, -0.05) is 12.1 Å². The average Bonchev–Trinajstić information content (AvgIpc) is 2.58. The van der Waals surface area contributed by atoms with Crippen molar-refractivity contribution in [3.05, 3.63) is 24.3 Å². The van der Waals surface area contributed by atoms with Crippen LogP contribution < -0.4 is 0 Å². The van der Waals surface area contributed by atoms with Gasteiger partial charge in [0, 0.05) is 9.45 Å². The number of thiazole rings is 1. The Kier molecular flexibility index (Phi) is 2.78. The highest BCUT2D eigenvalue weighted by Gasteiger charge is 2.35. The van der Waals surface area contributed by atoms with Crippen LogP contribution in [0.15, 0.2) is 28.6 Å². The molecule has 1 heterocycles. The van der Waals surface area contributed by atoms with E-state index in [9.17, 15) is 13.2 Å². The molecule has 1 aromatic heterocycles. The molecule has 0 radical (unpaired) electrons. The molecule has 0 N–H and O–H groups in total. The molecule has 1 atom stereocenters. The Morgan fingerprint density at radius 2 is 1.93 bits per heavy atom. The largest absolute Gasteiger partial charge is 0.452 e. The lowest BCUT2D eigenvalue weighted by Crippen LogP contribution is -2.14. The molecule has 2 rings (SSSR count). The number of para-hydroxylation sites is 1. The number of alkyl halides is 3. The molecule has 15 heavy (non-hydrogen) atoms. The molecule has 7 heteroatoms. The summed E-state index contributed by atoms with van der Waals surface area (Å²) < 4.78 is 37.7. The Morgan fingerprint density at radius 3 is 2.53 bits per heavy atom. The first-order chi connectivity index (χ1) is 6.98. The molecule has 0 bridgehead atoms. The summed E-state index contributed by atoms with van der Waals surface area (Å²) in [5, 5.41) is 0. The zero-order valence-corrected chi connectivity index (χ0v) is 9.56. The molecule has 0 aliphatic carbocycles. The Hall–Kier alpha value is -0.530. The van der Waals surface area contributed by atoms with E-state index in [-0.39, 0.29) is 4.34 Å². The van der Waals surface area contributed by atoms with Gasteiger partial charge in [0.1, 0.15) is 0 Å². The van der Waals surface area contributed by atoms with Crippen LogP contribution in [0, 0.1) is 0 Å². The van der Waals surface area contributed by atoms with Crippen LogP contribution in [0.2, 0.25) is 0 Å². The topological polar surface area (TPSA) is 12.9 Å². The quantitative estimate of drug-likeness (QED) is 0.786. The number of fused-ring (bicyclic) bond motifs is 1. The van der Waals surface area contributed by atoms with Crippen LogP contribution in [-0.4, -0.2) is 10.5 Å². The highest BCUT2D eigenvalue weighted by molar-refractivity contribution is 8.30. The maximum atomic E-state index is 12.3. The zero-order chi connectivity index (χ0) is 11.1. The summed E-state index contributed by atoms with van der Waals surface area (Å²) in [5.74, 6) is 0. The van der Waals surface area contributed by atoms with Crippen LogP contribution in [-0.2, 0) is 20.6 Å². The fourth-order valence-corrected chi connectivity index (χ4v) is 3.38. The second kappa shape index (κ2) is 3.80. The van der Waals surface area contributed by atoms with Gasteiger partial charge in [-0.3, -0.25) is 0 Å². The number of hydrogen-bond donors (Lipinski definition) is 0. The van der Waals surface area contributed by atoms with E-state index in [1.54, 1.807) is 24.3 Å². The fourth-order valence-electron chi connectivity index (χ4n) is 1.03. The van der Waals surface area contributed by atoms with Crippen molar-refractivity contribution in [3.63, 3.8) is 0 Å². The highest BCUT2D eigenvalue weighted by atomic mass is 32.8. The lowest BCUT2D eigenvalue weighted by molar-refractivity contribution is -0.0345. The van der Waals surface area contributed by atoms with Gasteiger partial charge in [-0.2, -0.15) is 13.2 Å². The van der Waals surface area contributed by atoms with Crippen molar-refractivity contribution in [2.24, 2.45) is 0 Å². The molecule has 0 amide bonds. The van der Waals surface area contributed by atoms with Crippen molar-refractivity contribution in [2.75, 3.05) is 0 Å². The zero-order valence-electron chi connectivity index (χ0n) is 7.12. The Bertz CT molecular complexity index is 484. The summed E-state index contributed by atoms with van der Waals surface area (Å²) in [6.45, 7) is 0. The van der Waals surface area contributed by atoms with Crippen LogP contribution in [0.5, 0.6) is 0 Å². The first-order valence-electron chi connectivity index (χ1n) is 3.82. The van der Waals surface area contributed by atoms with E-state index in [0.717, 1.165) is 16.0 Å². The van der Waals surface area contributed by atoms with Gasteiger partial charge >= 0.3 is 5.51 Å². The van der Waals surface area contributed by atoms with Crippen molar-refractivity contribution >= 4 is 42.2 Å². The van der Waals surface area contributed by atoms with E-state index in [1.165, 1.54) is 0 Å². The molecule has 0 fully saturated rings. The maximum absolute atomic E-state index is 12.3. The molecule has 2 aromatic rings. The number of hydrogen-bond acceptors (Lipinski definition) is 3. The molecule has 1 aromatic carbocycles. The average molecular weight is 267 g/mol. The van der Waals surface area contributed by atoms with Crippen molar-refractivity contribution in [1.29, 1.82) is 0 Å². The molecule has 0 aliphatic rings. The molecule has 0 spiro atoms. The minimum absolute atomic E-state index is 0.0290. The summed E-state index contributed by atoms with van der Waals surface area (Å²) in [5.41, 5.74) is -3.80. The standard InChI is InChI=1S/C8H4F3NS3/c9-8(10,11)15(13)7-12-5-3-1-2-4-6(5)14-7/h1-4H. The number of rotatable bonds is 1. The number of nitrogens with zero attached hydrogens (tertiary/aromatic N) is 1. The van der Waals surface area contributed by atoms with Gasteiger partial charge in [0.15, 0.2) is 4.34 Å². The number of halogens is 3. The Morgan fingerprint density at radius 1 is 1.27 bits per heavy atom. The minimum atomic E-state index is -4.37. The summed E-state index contributed by atoms with van der Waals surface area (Å²) in [6.07, 6.45) is 0. The third-order valence-electron chi connectivity index (χ3n) is 1.64. The summed E-state index contributed by atoms with van der Waals surface area (Å²) >= 11 is 5.44. The summed E-state index contributed by atoms with van der Waals surface area (Å²) in [4.78, 5) is 3.89. The van der Waals surface area contributed by atoms with Gasteiger partial charge in [-0.25, -0.2) is 4.98 Å². The van der Waals surface area contributed by atoms with Crippen LogP contribution >= 0.6 is 11.3 Å². The second-order valence-electron chi connectivity index (χ2n) is 2.66. The third kappa shape index (κ3) is 2.19. The van der Waals surface area contributed by atoms with E-state index >= 15 is 0 Å². The summed E-state index contributed by atoms with van der Waals surface area (Å²) in [6, 6.07) is 6.91. The first-order valence-corrected chi connectivity index (χ1v) is 6.79. The maximum Gasteiger partial charge on any atom is 0.452 e. The van der Waals surface area contributed by atoms with E-state index in [4.69, 9.17) is 0 Å². The fraction of sp³-hybridized carbons (Fsp3) is 0.125. The van der Waals surface area contributed by atoms with Gasteiger partial charge in [-0.05, 0) is 23.3 Å². The molecule has 1 unspecified atom stereocenters. The van der Waals surface area contributed by atoms with Crippen molar-refractivity contribution < 1.29 is 13.2 Å². The van der Waals surface area contributed by atoms with Gasteiger partial charge in [0.25, 0.3) is 0 Å². The minimum Gasteiger partial charge on any atom is -0.229 e. The van der Waals surface area contributed by atoms with E-state index < -0.39 is 15.0 Å². The lowest BCUT2D eigenvalue weighted by atomic mass is 10.3. The smallest absolute Gasteiger partial charge is 0.229 e. The predicted molar refractivity (Wildman–Crippen MR) is 58.7 cm³/mol. The van der Waals surface area contributed by atoms with Gasteiger partial charge in [-0.15, -0.1) is 11.3 Å². The van der Waals surface area contributed by atoms with Crippen LogP contribution in [0.1, 0.15) is 0 Å². The molecular formula is C8H4F3NS3. The van der Waals surface area contributed by atoms with Crippen LogP contribution in [0.4, 0.5) is 13.2 Å². The van der Waals surface area contributed by atoms with Crippen molar-refractivity contribution in [2.45, 2.75) is 9.85 Å². The normalized spacial score (nSPS) is 14.3. The highest BCUT2D eigenvalue weighted by Crippen LogP contribution is 2.31. The third-order valence-corrected chi connectivity index (χ3v) is 5.41. The van der Waals surface area contributed by atoms with Crippen LogP contribution in [0.3, 0.4) is 0 Å². The van der Waals surface area contributed by atoms with E-state index in [2.05, 4.69) is 16.2 Å².